The van der Waals surface area contributed by atoms with Crippen LogP contribution >= 0.6 is 23.2 Å². The number of carbonyl (C=O) groups is 2. The van der Waals surface area contributed by atoms with Crippen LogP contribution < -0.4 is 10.1 Å². The van der Waals surface area contributed by atoms with Crippen LogP contribution in [-0.4, -0.2) is 99.8 Å². The Bertz CT molecular complexity index is 1830. The maximum Gasteiger partial charge on any atom is 0.318 e. The minimum absolute atomic E-state index is 0.0430. The summed E-state index contributed by atoms with van der Waals surface area (Å²) >= 11 is 13.0. The number of rotatable bonds is 9. The molecule has 0 radical (unpaired) electrons. The van der Waals surface area contributed by atoms with Gasteiger partial charge in [0, 0.05) is 44.7 Å². The summed E-state index contributed by atoms with van der Waals surface area (Å²) in [4.78, 5) is 34.1. The second-order valence-electron chi connectivity index (χ2n) is 14.0. The average molecular weight is 732 g/mol. The summed E-state index contributed by atoms with van der Waals surface area (Å²) in [5, 5.41) is 16.0. The van der Waals surface area contributed by atoms with Crippen molar-refractivity contribution in [3.63, 3.8) is 0 Å². The molecule has 11 nitrogen and oxygen atoms in total. The molecule has 268 valence electrons. The van der Waals surface area contributed by atoms with Crippen molar-refractivity contribution in [1.29, 1.82) is 0 Å². The van der Waals surface area contributed by atoms with Gasteiger partial charge in [0.2, 0.25) is 0 Å². The van der Waals surface area contributed by atoms with Gasteiger partial charge in [0.1, 0.15) is 12.1 Å². The van der Waals surface area contributed by atoms with Gasteiger partial charge in [-0.25, -0.2) is 9.48 Å². The first-order valence-corrected chi connectivity index (χ1v) is 18.6. The number of hydrogen-bond donors (Lipinski definition) is 1. The second kappa shape index (κ2) is 15.2. The highest BCUT2D eigenvalue weighted by molar-refractivity contribution is 6.42. The topological polar surface area (TPSA) is 109 Å². The molecule has 4 heterocycles. The molecule has 1 N–H and O–H groups in total. The van der Waals surface area contributed by atoms with Crippen LogP contribution in [0.25, 0.3) is 5.69 Å². The molecular weight excluding hydrogens is 687 g/mol. The lowest BCUT2D eigenvalue weighted by molar-refractivity contribution is 0.0774. The molecule has 3 aromatic carbocycles. The lowest BCUT2D eigenvalue weighted by atomic mass is 9.76. The molecule has 0 aliphatic carbocycles. The summed E-state index contributed by atoms with van der Waals surface area (Å²) < 4.78 is 7.14. The molecule has 3 saturated heterocycles. The predicted molar refractivity (Wildman–Crippen MR) is 197 cm³/mol. The number of ether oxygens (including phenoxy) is 1. The van der Waals surface area contributed by atoms with Crippen molar-refractivity contribution in [2.24, 2.45) is 0 Å². The molecule has 3 aliphatic heterocycles. The number of nitrogens with zero attached hydrogens (tertiary/aromatic N) is 7. The number of halogens is 2. The highest BCUT2D eigenvalue weighted by atomic mass is 35.5. The van der Waals surface area contributed by atoms with Crippen molar-refractivity contribution < 1.29 is 14.3 Å². The molecular formula is C38H44Cl2N8O3. The molecule has 51 heavy (non-hydrogen) atoms. The van der Waals surface area contributed by atoms with Crippen LogP contribution in [-0.2, 0) is 11.0 Å². The molecule has 1 aromatic heterocycles. The standard InChI is InChI=1S/C38H44Cl2N8O3/c1-51-34-13-11-30(48-27-41-43-44-48)25-31(34)35(49)47-23-15-37(26-47,29-10-12-32(39)33(40)24-29)14-20-45-21-16-38(17-22-45,28-8-4-2-5-9-28)42-36(50)46-18-6-3-7-19-46/h2,4-5,8-13,24-25,27H,3,6-7,14-23,26H2,1H3,(H,42,50). The van der Waals surface area contributed by atoms with Crippen LogP contribution in [0.5, 0.6) is 5.75 Å². The van der Waals surface area contributed by atoms with Gasteiger partial charge in [0.15, 0.2) is 0 Å². The van der Waals surface area contributed by atoms with Gasteiger partial charge in [-0.3, -0.25) is 4.79 Å². The zero-order valence-electron chi connectivity index (χ0n) is 28.9. The van der Waals surface area contributed by atoms with E-state index in [0.717, 1.165) is 82.4 Å². The lowest BCUT2D eigenvalue weighted by Crippen LogP contribution is -2.57. The number of urea groups is 1. The van der Waals surface area contributed by atoms with Crippen LogP contribution in [0, 0.1) is 0 Å². The molecule has 7 rings (SSSR count). The Morgan fingerprint density at radius 2 is 1.63 bits per heavy atom. The summed E-state index contributed by atoms with van der Waals surface area (Å²) in [5.41, 5.74) is 2.61. The first-order chi connectivity index (χ1) is 24.8. The molecule has 13 heteroatoms. The Balaban J connectivity index is 1.09. The van der Waals surface area contributed by atoms with E-state index in [9.17, 15) is 9.59 Å². The number of benzene rings is 3. The quantitative estimate of drug-likeness (QED) is 0.214. The Hall–Kier alpha value is -4.19. The van der Waals surface area contributed by atoms with Crippen LogP contribution in [0.1, 0.15) is 66.4 Å². The third-order valence-electron chi connectivity index (χ3n) is 11.1. The summed E-state index contributed by atoms with van der Waals surface area (Å²) in [5.74, 6) is 0.380. The number of aromatic nitrogens is 4. The molecule has 3 aliphatic rings. The molecule has 4 aromatic rings. The maximum absolute atomic E-state index is 14.2. The van der Waals surface area contributed by atoms with Crippen molar-refractivity contribution >= 4 is 35.1 Å². The maximum atomic E-state index is 14.2. The fourth-order valence-electron chi connectivity index (χ4n) is 8.07. The van der Waals surface area contributed by atoms with E-state index in [1.807, 2.05) is 40.1 Å². The molecule has 0 bridgehead atoms. The van der Waals surface area contributed by atoms with Gasteiger partial charge in [-0.05, 0) is 103 Å². The van der Waals surface area contributed by atoms with Crippen molar-refractivity contribution in [1.82, 2.24) is 40.2 Å². The van der Waals surface area contributed by atoms with E-state index in [4.69, 9.17) is 27.9 Å². The van der Waals surface area contributed by atoms with Gasteiger partial charge in [-0.1, -0.05) is 59.6 Å². The van der Waals surface area contributed by atoms with Crippen molar-refractivity contribution in [3.05, 3.63) is 99.8 Å². The van der Waals surface area contributed by atoms with Crippen LogP contribution in [0.2, 0.25) is 10.0 Å². The summed E-state index contributed by atoms with van der Waals surface area (Å²) in [6.07, 6.45) is 8.04. The number of nitrogens with one attached hydrogen (secondary N) is 1. The summed E-state index contributed by atoms with van der Waals surface area (Å²) in [7, 11) is 1.57. The number of amides is 3. The van der Waals surface area contributed by atoms with Gasteiger partial charge < -0.3 is 24.8 Å². The zero-order valence-corrected chi connectivity index (χ0v) is 30.5. The Morgan fingerprint density at radius 3 is 2.33 bits per heavy atom. The summed E-state index contributed by atoms with van der Waals surface area (Å²) in [6, 6.07) is 21.7. The highest BCUT2D eigenvalue weighted by Gasteiger charge is 2.44. The second-order valence-corrected chi connectivity index (χ2v) is 14.9. The van der Waals surface area contributed by atoms with Crippen molar-refractivity contribution in [3.8, 4) is 11.4 Å². The predicted octanol–water partition coefficient (Wildman–Crippen LogP) is 6.34. The lowest BCUT2D eigenvalue weighted by Gasteiger charge is -2.44. The Kier molecular flexibility index (Phi) is 10.5. The Morgan fingerprint density at radius 1 is 0.843 bits per heavy atom. The molecule has 3 amide bonds. The molecule has 1 atom stereocenters. The van der Waals surface area contributed by atoms with E-state index in [0.29, 0.717) is 40.1 Å². The minimum Gasteiger partial charge on any atom is -0.496 e. The third-order valence-corrected chi connectivity index (χ3v) is 11.9. The van der Waals surface area contributed by atoms with E-state index in [-0.39, 0.29) is 17.4 Å². The minimum atomic E-state index is -0.417. The van der Waals surface area contributed by atoms with E-state index in [2.05, 4.69) is 50.0 Å². The summed E-state index contributed by atoms with van der Waals surface area (Å²) in [6.45, 7) is 5.26. The Labute approximate surface area is 308 Å². The van der Waals surface area contributed by atoms with E-state index in [1.165, 1.54) is 17.4 Å². The molecule has 0 saturated carbocycles. The van der Waals surface area contributed by atoms with E-state index >= 15 is 0 Å². The first-order valence-electron chi connectivity index (χ1n) is 17.8. The molecule has 1 unspecified atom stereocenters. The first kappa shape index (κ1) is 35.2. The van der Waals surface area contributed by atoms with Gasteiger partial charge in [0.25, 0.3) is 5.91 Å². The number of carbonyl (C=O) groups excluding carboxylic acids is 2. The average Bonchev–Trinajstić information content (AvgIpc) is 3.88. The smallest absolute Gasteiger partial charge is 0.318 e. The van der Waals surface area contributed by atoms with Crippen LogP contribution in [0.15, 0.2) is 73.1 Å². The number of methoxy groups -OCH3 is 1. The van der Waals surface area contributed by atoms with Crippen LogP contribution in [0.4, 0.5) is 4.79 Å². The van der Waals surface area contributed by atoms with E-state index < -0.39 is 5.54 Å². The van der Waals surface area contributed by atoms with Gasteiger partial charge in [-0.2, -0.15) is 0 Å². The highest BCUT2D eigenvalue weighted by Crippen LogP contribution is 2.42. The SMILES string of the molecule is COc1ccc(-n2cnnn2)cc1C(=O)N1CCC(CCN2CCC(NC(=O)N3CCCCC3)(c3ccccc3)CC2)(c2ccc(Cl)c(Cl)c2)C1. The van der Waals surface area contributed by atoms with Crippen molar-refractivity contribution in [2.45, 2.75) is 55.9 Å². The van der Waals surface area contributed by atoms with Crippen LogP contribution in [0.3, 0.4) is 0 Å². The largest absolute Gasteiger partial charge is 0.496 e. The fourth-order valence-corrected chi connectivity index (χ4v) is 8.36. The number of likely N-dealkylation sites (tertiary alicyclic amines) is 3. The molecule has 3 fully saturated rings. The normalized spacial score (nSPS) is 20.7. The number of tetrazole rings is 1. The molecule has 0 spiro atoms. The number of hydrogen-bond acceptors (Lipinski definition) is 7. The number of piperidine rings is 2. The zero-order chi connectivity index (χ0) is 35.4. The van der Waals surface area contributed by atoms with E-state index in [1.54, 1.807) is 19.2 Å². The van der Waals surface area contributed by atoms with Gasteiger partial charge in [-0.15, -0.1) is 5.10 Å². The van der Waals surface area contributed by atoms with Gasteiger partial charge in [0.05, 0.1) is 33.9 Å². The third kappa shape index (κ3) is 7.43. The van der Waals surface area contributed by atoms with Gasteiger partial charge >= 0.3 is 6.03 Å². The van der Waals surface area contributed by atoms with Crippen molar-refractivity contribution in [2.75, 3.05) is 52.9 Å². The fraction of sp³-hybridized carbons (Fsp3) is 0.447. The monoisotopic (exact) mass is 730 g/mol.